The summed E-state index contributed by atoms with van der Waals surface area (Å²) < 4.78 is 0. The van der Waals surface area contributed by atoms with Crippen LogP contribution in [0.1, 0.15) is 12.0 Å². The summed E-state index contributed by atoms with van der Waals surface area (Å²) in [5, 5.41) is 0. The number of hydrogen-bond donors (Lipinski definition) is 0. The maximum Gasteiger partial charge on any atom is 0.228 e. The summed E-state index contributed by atoms with van der Waals surface area (Å²) in [7, 11) is 0. The van der Waals surface area contributed by atoms with Gasteiger partial charge in [0.15, 0.2) is 0 Å². The highest BCUT2D eigenvalue weighted by molar-refractivity contribution is 6.00. The number of aryl methyl sites for hydroxylation is 1. The van der Waals surface area contributed by atoms with E-state index in [4.69, 9.17) is 0 Å². The fraction of sp³-hybridized carbons (Fsp3) is 0.400. The molecule has 1 atom stereocenters. The van der Waals surface area contributed by atoms with Gasteiger partial charge in [-0.05, 0) is 30.7 Å². The molecule has 1 aromatic carbocycles. The van der Waals surface area contributed by atoms with E-state index >= 15 is 0 Å². The van der Waals surface area contributed by atoms with Crippen LogP contribution in [0.15, 0.2) is 42.7 Å². The number of nitrogens with zero attached hydrogens (tertiary/aromatic N) is 5. The summed E-state index contributed by atoms with van der Waals surface area (Å²) in [6.07, 6.45) is 3.74. The molecule has 2 aliphatic rings. The molecule has 27 heavy (non-hydrogen) atoms. The smallest absolute Gasteiger partial charge is 0.228 e. The first-order chi connectivity index (χ1) is 13.1. The Labute approximate surface area is 158 Å². The lowest BCUT2D eigenvalue weighted by Crippen LogP contribution is -2.51. The molecule has 2 aliphatic heterocycles. The lowest BCUT2D eigenvalue weighted by Gasteiger charge is -2.35. The molecular weight excluding hydrogens is 342 g/mol. The van der Waals surface area contributed by atoms with Crippen molar-refractivity contribution >= 4 is 23.5 Å². The normalized spacial score (nSPS) is 20.3. The van der Waals surface area contributed by atoms with E-state index in [2.05, 4.69) is 14.9 Å². The minimum Gasteiger partial charge on any atom is -0.339 e. The molecule has 0 bridgehead atoms. The van der Waals surface area contributed by atoms with Crippen molar-refractivity contribution in [1.82, 2.24) is 14.9 Å². The zero-order valence-electron chi connectivity index (χ0n) is 15.4. The van der Waals surface area contributed by atoms with Crippen LogP contribution in [-0.4, -0.2) is 59.4 Å². The number of rotatable bonds is 3. The third kappa shape index (κ3) is 3.63. The van der Waals surface area contributed by atoms with Crippen molar-refractivity contribution in [3.8, 4) is 0 Å². The Balaban J connectivity index is 1.37. The summed E-state index contributed by atoms with van der Waals surface area (Å²) in [6.45, 7) is 5.14. The predicted molar refractivity (Wildman–Crippen MR) is 102 cm³/mol. The van der Waals surface area contributed by atoms with E-state index in [1.165, 1.54) is 0 Å². The molecule has 2 saturated heterocycles. The van der Waals surface area contributed by atoms with Gasteiger partial charge in [0, 0.05) is 57.2 Å². The van der Waals surface area contributed by atoms with Crippen molar-refractivity contribution in [3.63, 3.8) is 0 Å². The topological polar surface area (TPSA) is 69.6 Å². The van der Waals surface area contributed by atoms with Crippen LogP contribution in [0.3, 0.4) is 0 Å². The molecule has 0 radical (unpaired) electrons. The van der Waals surface area contributed by atoms with Crippen molar-refractivity contribution in [2.24, 2.45) is 5.92 Å². The third-order valence-electron chi connectivity index (χ3n) is 5.21. The molecule has 0 saturated carbocycles. The van der Waals surface area contributed by atoms with E-state index in [1.54, 1.807) is 23.4 Å². The highest BCUT2D eigenvalue weighted by Gasteiger charge is 2.38. The summed E-state index contributed by atoms with van der Waals surface area (Å²) >= 11 is 0. The summed E-state index contributed by atoms with van der Waals surface area (Å²) in [5.41, 5.74) is 1.98. The number of aromatic nitrogens is 2. The van der Waals surface area contributed by atoms with Gasteiger partial charge in [-0.15, -0.1) is 0 Å². The van der Waals surface area contributed by atoms with Crippen molar-refractivity contribution < 1.29 is 9.59 Å². The Hall–Kier alpha value is -2.96. The second-order valence-corrected chi connectivity index (χ2v) is 7.11. The maximum absolute atomic E-state index is 12.9. The first-order valence-electron chi connectivity index (χ1n) is 9.29. The fourth-order valence-corrected chi connectivity index (χ4v) is 3.76. The summed E-state index contributed by atoms with van der Waals surface area (Å²) in [6, 6.07) is 9.65. The monoisotopic (exact) mass is 365 g/mol. The predicted octanol–water partition coefficient (Wildman–Crippen LogP) is 1.49. The van der Waals surface area contributed by atoms with Crippen LogP contribution in [0.5, 0.6) is 0 Å². The molecule has 3 heterocycles. The molecule has 2 fully saturated rings. The molecule has 2 amide bonds. The van der Waals surface area contributed by atoms with Crippen LogP contribution in [0.2, 0.25) is 0 Å². The van der Waals surface area contributed by atoms with Crippen LogP contribution in [0.25, 0.3) is 0 Å². The Bertz CT molecular complexity index is 833. The van der Waals surface area contributed by atoms with Crippen LogP contribution in [0.4, 0.5) is 11.6 Å². The number of amides is 2. The van der Waals surface area contributed by atoms with Gasteiger partial charge in [0.2, 0.25) is 17.8 Å². The first-order valence-corrected chi connectivity index (χ1v) is 9.29. The van der Waals surface area contributed by atoms with Crippen LogP contribution >= 0.6 is 0 Å². The van der Waals surface area contributed by atoms with Crippen molar-refractivity contribution in [3.05, 3.63) is 48.3 Å². The average Bonchev–Trinajstić information content (AvgIpc) is 3.10. The lowest BCUT2D eigenvalue weighted by atomic mass is 10.1. The zero-order chi connectivity index (χ0) is 18.8. The minimum absolute atomic E-state index is 0.0234. The minimum atomic E-state index is -0.266. The van der Waals surface area contributed by atoms with E-state index in [0.717, 1.165) is 11.3 Å². The van der Waals surface area contributed by atoms with Crippen LogP contribution < -0.4 is 9.80 Å². The Morgan fingerprint density at radius 3 is 2.52 bits per heavy atom. The number of piperazine rings is 1. The number of carbonyl (C=O) groups is 2. The molecule has 1 unspecified atom stereocenters. The second-order valence-electron chi connectivity index (χ2n) is 7.11. The average molecular weight is 365 g/mol. The highest BCUT2D eigenvalue weighted by atomic mass is 16.2. The van der Waals surface area contributed by atoms with E-state index in [-0.39, 0.29) is 24.2 Å². The fourth-order valence-electron chi connectivity index (χ4n) is 3.76. The molecule has 140 valence electrons. The van der Waals surface area contributed by atoms with Gasteiger partial charge >= 0.3 is 0 Å². The number of benzene rings is 1. The van der Waals surface area contributed by atoms with E-state index < -0.39 is 0 Å². The molecule has 0 aliphatic carbocycles. The molecular formula is C20H23N5O2. The van der Waals surface area contributed by atoms with Gasteiger partial charge in [-0.1, -0.05) is 12.1 Å². The van der Waals surface area contributed by atoms with Crippen LogP contribution in [0, 0.1) is 12.8 Å². The van der Waals surface area contributed by atoms with Crippen LogP contribution in [-0.2, 0) is 9.59 Å². The Morgan fingerprint density at radius 1 is 1.07 bits per heavy atom. The summed E-state index contributed by atoms with van der Waals surface area (Å²) in [5.74, 6) is 0.534. The van der Waals surface area contributed by atoms with Gasteiger partial charge in [-0.3, -0.25) is 9.59 Å². The van der Waals surface area contributed by atoms with Gasteiger partial charge in [0.1, 0.15) is 0 Å². The van der Waals surface area contributed by atoms with E-state index in [0.29, 0.717) is 38.7 Å². The Morgan fingerprint density at radius 2 is 1.81 bits per heavy atom. The van der Waals surface area contributed by atoms with Crippen molar-refractivity contribution in [2.45, 2.75) is 13.3 Å². The zero-order valence-corrected chi connectivity index (χ0v) is 15.4. The van der Waals surface area contributed by atoms with Gasteiger partial charge in [0.25, 0.3) is 0 Å². The molecule has 7 nitrogen and oxygen atoms in total. The van der Waals surface area contributed by atoms with Crippen molar-refractivity contribution in [2.75, 3.05) is 42.5 Å². The van der Waals surface area contributed by atoms with Gasteiger partial charge in [-0.25, -0.2) is 9.97 Å². The van der Waals surface area contributed by atoms with E-state index in [1.807, 2.05) is 36.1 Å². The molecule has 0 N–H and O–H groups in total. The molecule has 0 spiro atoms. The molecule has 2 aromatic rings. The standard InChI is InChI=1S/C20H23N5O2/c1-15-4-2-5-17(12-15)25-14-16(13-18(25)26)19(27)23-8-10-24(11-9-23)20-21-6-3-7-22-20/h2-7,12,16H,8-11,13-14H2,1H3. The second kappa shape index (κ2) is 7.34. The largest absolute Gasteiger partial charge is 0.339 e. The SMILES string of the molecule is Cc1cccc(N2CC(C(=O)N3CCN(c4ncccn4)CC3)CC2=O)c1. The molecule has 7 heteroatoms. The first kappa shape index (κ1) is 17.5. The van der Waals surface area contributed by atoms with E-state index in [9.17, 15) is 9.59 Å². The molecule has 1 aromatic heterocycles. The number of anilines is 2. The van der Waals surface area contributed by atoms with Gasteiger partial charge in [0.05, 0.1) is 5.92 Å². The van der Waals surface area contributed by atoms with Gasteiger partial charge < -0.3 is 14.7 Å². The van der Waals surface area contributed by atoms with Crippen molar-refractivity contribution in [1.29, 1.82) is 0 Å². The maximum atomic E-state index is 12.9. The highest BCUT2D eigenvalue weighted by Crippen LogP contribution is 2.27. The molecule has 4 rings (SSSR count). The lowest BCUT2D eigenvalue weighted by molar-refractivity contribution is -0.136. The number of hydrogen-bond acceptors (Lipinski definition) is 5. The quantitative estimate of drug-likeness (QED) is 0.824. The Kier molecular flexibility index (Phi) is 4.75. The van der Waals surface area contributed by atoms with Gasteiger partial charge in [-0.2, -0.15) is 0 Å². The third-order valence-corrected chi connectivity index (χ3v) is 5.21. The summed E-state index contributed by atoms with van der Waals surface area (Å²) in [4.78, 5) is 39.6. The number of carbonyl (C=O) groups excluding carboxylic acids is 2.